The molecule has 0 saturated carbocycles. The van der Waals surface area contributed by atoms with Crippen molar-refractivity contribution in [3.05, 3.63) is 16.9 Å². The fraction of sp³-hybridized carbons (Fsp3) is 0.600. The molecule has 0 fully saturated rings. The van der Waals surface area contributed by atoms with Gasteiger partial charge in [0.1, 0.15) is 6.04 Å². The maximum absolute atomic E-state index is 9.00. The van der Waals surface area contributed by atoms with Gasteiger partial charge in [0.2, 0.25) is 11.2 Å². The number of aliphatic hydroxyl groups is 1. The van der Waals surface area contributed by atoms with Crippen molar-refractivity contribution in [2.45, 2.75) is 12.5 Å². The van der Waals surface area contributed by atoms with Gasteiger partial charge in [-0.05, 0) is 0 Å². The number of azo groups is 1. The van der Waals surface area contributed by atoms with Gasteiger partial charge in [0.05, 0.1) is 6.54 Å². The minimum Gasteiger partial charge on any atom is -0.504 e. The summed E-state index contributed by atoms with van der Waals surface area (Å²) in [6, 6.07) is -0.295. The van der Waals surface area contributed by atoms with Crippen molar-refractivity contribution in [3.8, 4) is 0 Å². The summed E-state index contributed by atoms with van der Waals surface area (Å²) in [6.45, 7) is 0.633. The van der Waals surface area contributed by atoms with Crippen LogP contribution in [-0.2, 0) is 0 Å². The van der Waals surface area contributed by atoms with Gasteiger partial charge in [0.15, 0.2) is 4.98 Å². The number of hydrogen-bond acceptors (Lipinski definition) is 4. The van der Waals surface area contributed by atoms with Crippen molar-refractivity contribution >= 4 is 0 Å². The normalized spacial score (nSPS) is 24.7. The van der Waals surface area contributed by atoms with Crippen LogP contribution in [0, 0.1) is 5.39 Å². The van der Waals surface area contributed by atoms with Crippen LogP contribution in [0.2, 0.25) is 0 Å². The zero-order chi connectivity index (χ0) is 7.40. The fourth-order valence-corrected chi connectivity index (χ4v) is 0.746. The van der Waals surface area contributed by atoms with Crippen LogP contribution in [0.3, 0.4) is 0 Å². The van der Waals surface area contributed by atoms with Crippen molar-refractivity contribution in [1.82, 2.24) is 0 Å². The van der Waals surface area contributed by atoms with Crippen LogP contribution in [0.4, 0.5) is 0 Å². The third-order valence-corrected chi connectivity index (χ3v) is 1.25. The van der Waals surface area contributed by atoms with Gasteiger partial charge in [-0.25, -0.2) is 0 Å². The average Bonchev–Trinajstić information content (AvgIpc) is 2.38. The molecule has 1 heterocycles. The van der Waals surface area contributed by atoms with Gasteiger partial charge in [-0.15, -0.1) is 0 Å². The first-order valence-corrected chi connectivity index (χ1v) is 2.94. The van der Waals surface area contributed by atoms with Crippen molar-refractivity contribution in [3.63, 3.8) is 0 Å². The fourth-order valence-electron chi connectivity index (χ4n) is 0.746. The SMILES string of the molecule is N#[N+]C=C(O)C1CCN=N1. The Hall–Kier alpha value is -1.44. The molecule has 1 aliphatic heterocycles. The summed E-state index contributed by atoms with van der Waals surface area (Å²) in [7, 11) is 0. The Morgan fingerprint density at radius 1 is 1.80 bits per heavy atom. The zero-order valence-electron chi connectivity index (χ0n) is 5.30. The molecule has 1 rings (SSSR count). The number of nitrogens with zero attached hydrogens (tertiary/aromatic N) is 4. The lowest BCUT2D eigenvalue weighted by atomic mass is 10.2. The van der Waals surface area contributed by atoms with Gasteiger partial charge in [-0.3, -0.25) is 0 Å². The first-order valence-electron chi connectivity index (χ1n) is 2.94. The minimum atomic E-state index is -0.295. The van der Waals surface area contributed by atoms with Gasteiger partial charge in [-0.1, -0.05) is 0 Å². The van der Waals surface area contributed by atoms with E-state index in [1.165, 1.54) is 0 Å². The highest BCUT2D eigenvalue weighted by Crippen LogP contribution is 2.14. The standard InChI is InChI=1S/C5H6N4O/c6-7-3-5(10)4-1-2-8-9-4/h3-4H,1-2H2/p+1. The maximum Gasteiger partial charge on any atom is 0.389 e. The van der Waals surface area contributed by atoms with E-state index in [1.54, 1.807) is 0 Å². The Bertz CT molecular complexity index is 214. The highest BCUT2D eigenvalue weighted by Gasteiger charge is 2.19. The summed E-state index contributed by atoms with van der Waals surface area (Å²) < 4.78 is 0. The number of diazo groups is 1. The predicted octanol–water partition coefficient (Wildman–Crippen LogP) is 1.46. The molecule has 0 aromatic heterocycles. The first kappa shape index (κ1) is 6.68. The van der Waals surface area contributed by atoms with Gasteiger partial charge in [0.25, 0.3) is 0 Å². The molecule has 10 heavy (non-hydrogen) atoms. The molecular formula is C5H7N4O+. The quantitative estimate of drug-likeness (QED) is 0.441. The molecule has 0 aromatic rings. The average molecular weight is 139 g/mol. The largest absolute Gasteiger partial charge is 0.504 e. The van der Waals surface area contributed by atoms with Crippen LogP contribution < -0.4 is 0 Å². The van der Waals surface area contributed by atoms with Crippen molar-refractivity contribution in [2.75, 3.05) is 6.54 Å². The van der Waals surface area contributed by atoms with Crippen LogP contribution >= 0.6 is 0 Å². The third-order valence-electron chi connectivity index (χ3n) is 1.25. The van der Waals surface area contributed by atoms with E-state index in [-0.39, 0.29) is 11.8 Å². The second kappa shape index (κ2) is 2.92. The second-order valence-corrected chi connectivity index (χ2v) is 1.95. The predicted molar refractivity (Wildman–Crippen MR) is 33.9 cm³/mol. The molecule has 0 aliphatic carbocycles. The summed E-state index contributed by atoms with van der Waals surface area (Å²) in [5.74, 6) is -0.0382. The smallest absolute Gasteiger partial charge is 0.389 e. The second-order valence-electron chi connectivity index (χ2n) is 1.95. The Morgan fingerprint density at radius 2 is 2.60 bits per heavy atom. The van der Waals surface area contributed by atoms with Crippen LogP contribution in [0.5, 0.6) is 0 Å². The van der Waals surface area contributed by atoms with Gasteiger partial charge in [0, 0.05) is 6.42 Å². The molecule has 0 radical (unpaired) electrons. The van der Waals surface area contributed by atoms with Crippen molar-refractivity contribution in [2.24, 2.45) is 10.2 Å². The van der Waals surface area contributed by atoms with Gasteiger partial charge in [-0.2, -0.15) is 10.2 Å². The molecular weight excluding hydrogens is 132 g/mol. The summed E-state index contributed by atoms with van der Waals surface area (Å²) in [4.78, 5) is 2.67. The van der Waals surface area contributed by atoms with E-state index in [4.69, 9.17) is 10.5 Å². The molecule has 1 aliphatic rings. The number of hydrogen-bond donors (Lipinski definition) is 1. The molecule has 1 N–H and O–H groups in total. The molecule has 1 atom stereocenters. The Labute approximate surface area is 57.7 Å². The molecule has 1 unspecified atom stereocenters. The van der Waals surface area contributed by atoms with E-state index in [1.807, 2.05) is 0 Å². The van der Waals surface area contributed by atoms with E-state index < -0.39 is 0 Å². The van der Waals surface area contributed by atoms with Gasteiger partial charge >= 0.3 is 6.20 Å². The summed E-state index contributed by atoms with van der Waals surface area (Å²) in [6.07, 6.45) is 1.66. The lowest BCUT2D eigenvalue weighted by molar-refractivity contribution is 0.368. The Balaban J connectivity index is 2.58. The number of rotatable bonds is 1. The van der Waals surface area contributed by atoms with Crippen LogP contribution in [0.25, 0.3) is 4.98 Å². The Morgan fingerprint density at radius 3 is 3.10 bits per heavy atom. The maximum atomic E-state index is 9.00. The molecule has 5 heteroatoms. The molecule has 52 valence electrons. The van der Waals surface area contributed by atoms with Gasteiger partial charge < -0.3 is 5.11 Å². The van der Waals surface area contributed by atoms with Crippen molar-refractivity contribution < 1.29 is 5.11 Å². The summed E-state index contributed by atoms with van der Waals surface area (Å²) in [5, 5.41) is 24.4. The van der Waals surface area contributed by atoms with Crippen molar-refractivity contribution in [1.29, 1.82) is 5.39 Å². The highest BCUT2D eigenvalue weighted by atomic mass is 16.3. The topological polar surface area (TPSA) is 73.1 Å². The molecule has 0 spiro atoms. The van der Waals surface area contributed by atoms with E-state index in [9.17, 15) is 0 Å². The van der Waals surface area contributed by atoms with E-state index in [0.717, 1.165) is 6.20 Å². The van der Waals surface area contributed by atoms with Crippen LogP contribution in [-0.4, -0.2) is 17.7 Å². The minimum absolute atomic E-state index is 0.0382. The molecule has 0 saturated heterocycles. The number of aliphatic hydroxyl groups excluding tert-OH is 1. The lowest BCUT2D eigenvalue weighted by Crippen LogP contribution is -2.03. The highest BCUT2D eigenvalue weighted by molar-refractivity contribution is 5.05. The summed E-state index contributed by atoms with van der Waals surface area (Å²) in [5.41, 5.74) is 0. The molecule has 0 bridgehead atoms. The van der Waals surface area contributed by atoms with E-state index >= 15 is 0 Å². The van der Waals surface area contributed by atoms with Crippen LogP contribution in [0.15, 0.2) is 22.2 Å². The monoisotopic (exact) mass is 139 g/mol. The van der Waals surface area contributed by atoms with E-state index in [2.05, 4.69) is 15.2 Å². The molecule has 0 amide bonds. The molecule has 5 nitrogen and oxygen atoms in total. The first-order chi connectivity index (χ1) is 4.84. The summed E-state index contributed by atoms with van der Waals surface area (Å²) >= 11 is 0. The Kier molecular flexibility index (Phi) is 1.95. The third kappa shape index (κ3) is 1.29. The van der Waals surface area contributed by atoms with E-state index in [0.29, 0.717) is 13.0 Å². The lowest BCUT2D eigenvalue weighted by Gasteiger charge is -1.95. The molecule has 0 aromatic carbocycles. The zero-order valence-corrected chi connectivity index (χ0v) is 5.30. The van der Waals surface area contributed by atoms with Crippen LogP contribution in [0.1, 0.15) is 6.42 Å².